The fraction of sp³-hybridized carbons (Fsp3) is 0.250. The van der Waals surface area contributed by atoms with Crippen LogP contribution < -0.4 is 33.2 Å². The summed E-state index contributed by atoms with van der Waals surface area (Å²) >= 11 is 0. The first-order chi connectivity index (χ1) is 19.8. The molecule has 2 heterocycles. The maximum atomic E-state index is 13.6. The van der Waals surface area contributed by atoms with E-state index in [1.54, 1.807) is 43.5 Å². The lowest BCUT2D eigenvalue weighted by Crippen LogP contribution is -2.22. The van der Waals surface area contributed by atoms with E-state index in [2.05, 4.69) is 6.58 Å². The standard InChI is InChI=1S/C32H30O9/c1-17(2)16-39-31-19(8-7-9-23(31)35-3)21-14-28(33)40-22-11-10-20-30(34)27(41-32(20)29(21)22)13-18-12-25(37-5)26(38-6)15-24(18)36-4/h7-13,15,21H,1,14,16H2,2-6H3. The third-order valence-corrected chi connectivity index (χ3v) is 6.87. The molecular weight excluding hydrogens is 528 g/mol. The third-order valence-electron chi connectivity index (χ3n) is 6.87. The molecule has 0 fully saturated rings. The SMILES string of the molecule is C=C(C)COc1c(OC)cccc1C1CC(=O)Oc2ccc3c(c21)OC(=Cc1cc(OC)c(OC)cc1OC)C3=O. The van der Waals surface area contributed by atoms with E-state index in [1.807, 2.05) is 19.1 Å². The summed E-state index contributed by atoms with van der Waals surface area (Å²) in [5.74, 6) is 1.87. The van der Waals surface area contributed by atoms with Gasteiger partial charge in [-0.15, -0.1) is 0 Å². The number of carbonyl (C=O) groups is 2. The Kier molecular flexibility index (Phi) is 7.61. The monoisotopic (exact) mass is 558 g/mol. The summed E-state index contributed by atoms with van der Waals surface area (Å²) in [4.78, 5) is 26.3. The van der Waals surface area contributed by atoms with Crippen molar-refractivity contribution < 1.29 is 42.7 Å². The number of hydrogen-bond acceptors (Lipinski definition) is 9. The highest BCUT2D eigenvalue weighted by Crippen LogP contribution is 2.52. The number of esters is 1. The Balaban J connectivity index is 1.62. The Hall–Kier alpha value is -4.92. The maximum absolute atomic E-state index is 13.6. The molecule has 3 aromatic carbocycles. The van der Waals surface area contributed by atoms with Crippen molar-refractivity contribution in [1.29, 1.82) is 0 Å². The minimum atomic E-state index is -0.529. The van der Waals surface area contributed by atoms with Crippen LogP contribution in [0.1, 0.15) is 46.3 Å². The van der Waals surface area contributed by atoms with Crippen molar-refractivity contribution in [2.45, 2.75) is 19.3 Å². The van der Waals surface area contributed by atoms with Gasteiger partial charge in [-0.25, -0.2) is 0 Å². The Morgan fingerprint density at radius 2 is 1.63 bits per heavy atom. The minimum absolute atomic E-state index is 0.0140. The van der Waals surface area contributed by atoms with Crippen LogP contribution in [0.2, 0.25) is 0 Å². The van der Waals surface area contributed by atoms with E-state index in [-0.39, 0.29) is 24.6 Å². The van der Waals surface area contributed by atoms with Gasteiger partial charge in [0.25, 0.3) is 0 Å². The van der Waals surface area contributed by atoms with Crippen LogP contribution in [0, 0.1) is 0 Å². The topological polar surface area (TPSA) is 98.8 Å². The smallest absolute Gasteiger partial charge is 0.312 e. The molecule has 0 amide bonds. The van der Waals surface area contributed by atoms with Crippen molar-refractivity contribution in [2.24, 2.45) is 0 Å². The number of carbonyl (C=O) groups excluding carboxylic acids is 2. The average molecular weight is 559 g/mol. The van der Waals surface area contributed by atoms with Gasteiger partial charge in [0.1, 0.15) is 23.9 Å². The average Bonchev–Trinajstić information content (AvgIpc) is 3.29. The molecule has 0 spiro atoms. The van der Waals surface area contributed by atoms with Crippen molar-refractivity contribution >= 4 is 17.8 Å². The molecular formula is C32H30O9. The lowest BCUT2D eigenvalue weighted by atomic mass is 9.84. The molecule has 3 aromatic rings. The minimum Gasteiger partial charge on any atom is -0.496 e. The Morgan fingerprint density at radius 3 is 2.32 bits per heavy atom. The second kappa shape index (κ2) is 11.3. The predicted octanol–water partition coefficient (Wildman–Crippen LogP) is 5.73. The van der Waals surface area contributed by atoms with Crippen LogP contribution in [-0.2, 0) is 4.79 Å². The first kappa shape index (κ1) is 27.6. The van der Waals surface area contributed by atoms with Crippen LogP contribution in [0.4, 0.5) is 0 Å². The molecule has 0 aliphatic carbocycles. The number of Topliss-reactive ketones (excluding diaryl/α,β-unsaturated/α-hetero) is 1. The van der Waals surface area contributed by atoms with E-state index < -0.39 is 11.9 Å². The summed E-state index contributed by atoms with van der Waals surface area (Å²) in [7, 11) is 6.12. The lowest BCUT2D eigenvalue weighted by Gasteiger charge is -2.28. The van der Waals surface area contributed by atoms with Crippen LogP contribution >= 0.6 is 0 Å². The summed E-state index contributed by atoms with van der Waals surface area (Å²) in [5, 5.41) is 0. The van der Waals surface area contributed by atoms with E-state index in [1.165, 1.54) is 21.3 Å². The van der Waals surface area contributed by atoms with Crippen molar-refractivity contribution in [3.8, 4) is 40.2 Å². The van der Waals surface area contributed by atoms with Gasteiger partial charge < -0.3 is 33.2 Å². The van der Waals surface area contributed by atoms with Crippen molar-refractivity contribution in [3.63, 3.8) is 0 Å². The van der Waals surface area contributed by atoms with E-state index in [0.29, 0.717) is 62.5 Å². The number of hydrogen-bond donors (Lipinski definition) is 0. The van der Waals surface area contributed by atoms with Crippen molar-refractivity contribution in [2.75, 3.05) is 35.0 Å². The van der Waals surface area contributed by atoms with E-state index in [9.17, 15) is 9.59 Å². The van der Waals surface area contributed by atoms with Crippen molar-refractivity contribution in [3.05, 3.63) is 82.6 Å². The van der Waals surface area contributed by atoms with Gasteiger partial charge in [-0.05, 0) is 42.8 Å². The number of allylic oxidation sites excluding steroid dienone is 1. The van der Waals surface area contributed by atoms with Gasteiger partial charge in [-0.2, -0.15) is 0 Å². The highest BCUT2D eigenvalue weighted by atomic mass is 16.5. The fourth-order valence-electron chi connectivity index (χ4n) is 5.00. The summed E-state index contributed by atoms with van der Waals surface area (Å²) < 4.78 is 39.8. The molecule has 0 radical (unpaired) electrons. The van der Waals surface area contributed by atoms with Gasteiger partial charge in [-0.3, -0.25) is 9.59 Å². The molecule has 0 saturated heterocycles. The van der Waals surface area contributed by atoms with Gasteiger partial charge in [0.15, 0.2) is 28.8 Å². The second-order valence-corrected chi connectivity index (χ2v) is 9.60. The number of ketones is 1. The molecule has 1 atom stereocenters. The molecule has 0 bridgehead atoms. The van der Waals surface area contributed by atoms with Gasteiger partial charge in [-0.1, -0.05) is 18.7 Å². The van der Waals surface area contributed by atoms with Crippen LogP contribution in [0.15, 0.2) is 60.4 Å². The van der Waals surface area contributed by atoms with Crippen LogP contribution in [0.25, 0.3) is 6.08 Å². The molecule has 2 aliphatic heterocycles. The van der Waals surface area contributed by atoms with Gasteiger partial charge in [0, 0.05) is 28.7 Å². The zero-order valence-corrected chi connectivity index (χ0v) is 23.5. The number of methoxy groups -OCH3 is 4. The molecule has 41 heavy (non-hydrogen) atoms. The quantitative estimate of drug-likeness (QED) is 0.141. The van der Waals surface area contributed by atoms with Gasteiger partial charge in [0.2, 0.25) is 5.78 Å². The molecule has 0 saturated carbocycles. The fourth-order valence-corrected chi connectivity index (χ4v) is 5.00. The number of ether oxygens (including phenoxy) is 7. The molecule has 0 N–H and O–H groups in total. The molecule has 1 unspecified atom stereocenters. The largest absolute Gasteiger partial charge is 0.496 e. The lowest BCUT2D eigenvalue weighted by molar-refractivity contribution is -0.135. The number of rotatable bonds is 9. The van der Waals surface area contributed by atoms with Gasteiger partial charge in [0.05, 0.1) is 40.4 Å². The Morgan fingerprint density at radius 1 is 0.927 bits per heavy atom. The molecule has 9 heteroatoms. The molecule has 212 valence electrons. The van der Waals surface area contributed by atoms with Crippen LogP contribution in [0.5, 0.6) is 40.2 Å². The van der Waals surface area contributed by atoms with E-state index in [4.69, 9.17) is 33.2 Å². The summed E-state index contributed by atoms with van der Waals surface area (Å²) in [5.41, 5.74) is 3.00. The first-order valence-electron chi connectivity index (χ1n) is 12.9. The normalized spacial score (nSPS) is 16.3. The maximum Gasteiger partial charge on any atom is 0.312 e. The predicted molar refractivity (Wildman–Crippen MR) is 151 cm³/mol. The highest BCUT2D eigenvalue weighted by Gasteiger charge is 2.40. The molecule has 2 aliphatic rings. The Labute approximate surface area is 237 Å². The number of benzene rings is 3. The highest BCUT2D eigenvalue weighted by molar-refractivity contribution is 6.15. The summed E-state index contributed by atoms with van der Waals surface area (Å²) in [6.45, 7) is 6.04. The first-order valence-corrected chi connectivity index (χ1v) is 12.9. The molecule has 9 nitrogen and oxygen atoms in total. The van der Waals surface area contributed by atoms with Crippen LogP contribution in [0.3, 0.4) is 0 Å². The van der Waals surface area contributed by atoms with E-state index >= 15 is 0 Å². The van der Waals surface area contributed by atoms with Gasteiger partial charge >= 0.3 is 5.97 Å². The van der Waals surface area contributed by atoms with E-state index in [0.717, 1.165) is 5.57 Å². The molecule has 0 aromatic heterocycles. The summed E-state index contributed by atoms with van der Waals surface area (Å²) in [6.07, 6.45) is 1.60. The number of fused-ring (bicyclic) bond motifs is 3. The zero-order chi connectivity index (χ0) is 29.3. The summed E-state index contributed by atoms with van der Waals surface area (Å²) in [6, 6.07) is 12.1. The third kappa shape index (κ3) is 5.06. The van der Waals surface area contributed by atoms with Crippen molar-refractivity contribution in [1.82, 2.24) is 0 Å². The second-order valence-electron chi connectivity index (χ2n) is 9.60. The van der Waals surface area contributed by atoms with Crippen LogP contribution in [-0.4, -0.2) is 46.8 Å². The Bertz CT molecular complexity index is 1580. The zero-order valence-electron chi connectivity index (χ0n) is 23.5. The number of para-hydroxylation sites is 1. The molecule has 5 rings (SSSR count).